The fourth-order valence-electron chi connectivity index (χ4n) is 4.05. The lowest BCUT2D eigenvalue weighted by atomic mass is 10.0. The van der Waals surface area contributed by atoms with E-state index in [0.29, 0.717) is 5.56 Å². The van der Waals surface area contributed by atoms with E-state index in [0.717, 1.165) is 38.3 Å². The molecule has 1 aliphatic heterocycles. The van der Waals surface area contributed by atoms with Crippen LogP contribution in [0.5, 0.6) is 0 Å². The number of nitrogens with zero attached hydrogens (tertiary/aromatic N) is 1. The zero-order valence-corrected chi connectivity index (χ0v) is 18.6. The number of hydrogen-bond donors (Lipinski definition) is 2. The van der Waals surface area contributed by atoms with Crippen molar-refractivity contribution >= 4 is 11.8 Å². The Kier molecular flexibility index (Phi) is 7.27. The molecule has 30 heavy (non-hydrogen) atoms. The molecule has 0 spiro atoms. The van der Waals surface area contributed by atoms with Gasteiger partial charge < -0.3 is 15.1 Å². The van der Waals surface area contributed by atoms with Crippen LogP contribution in [0.4, 0.5) is 0 Å². The highest BCUT2D eigenvalue weighted by Gasteiger charge is 2.32. The molecule has 5 heteroatoms. The molecule has 1 atom stereocenters. The number of nitrogens with one attached hydrogen (secondary N) is 2. The van der Waals surface area contributed by atoms with Crippen LogP contribution in [0.15, 0.2) is 48.5 Å². The molecule has 2 N–H and O–H groups in total. The van der Waals surface area contributed by atoms with E-state index in [2.05, 4.69) is 36.5 Å². The fraction of sp³-hybridized carbons (Fsp3) is 0.440. The van der Waals surface area contributed by atoms with Gasteiger partial charge in [-0.15, -0.1) is 0 Å². The number of aryl methyl sites for hydroxylation is 2. The molecule has 2 aromatic rings. The lowest BCUT2D eigenvalue weighted by Crippen LogP contribution is -3.13. The van der Waals surface area contributed by atoms with Crippen molar-refractivity contribution in [1.29, 1.82) is 0 Å². The Bertz CT molecular complexity index is 885. The van der Waals surface area contributed by atoms with E-state index >= 15 is 0 Å². The Morgan fingerprint density at radius 2 is 1.57 bits per heavy atom. The van der Waals surface area contributed by atoms with E-state index in [9.17, 15) is 9.59 Å². The van der Waals surface area contributed by atoms with Gasteiger partial charge in [0.25, 0.3) is 5.91 Å². The Morgan fingerprint density at radius 1 is 0.967 bits per heavy atom. The second-order valence-corrected chi connectivity index (χ2v) is 8.69. The van der Waals surface area contributed by atoms with Gasteiger partial charge in [0.05, 0.1) is 26.2 Å². The second kappa shape index (κ2) is 9.90. The number of quaternary nitrogens is 1. The standard InChI is InChI=1S/C25H33N3O2/c1-18(2)23(26-24(29)22-12-8-6-10-20(22)4)25(30)28-15-13-27(14-16-28)17-21-11-7-5-9-19(21)3/h5-12,18,23H,13-17H2,1-4H3,(H,26,29)/p+1/t23-/m0/s1. The first-order valence-corrected chi connectivity index (χ1v) is 10.9. The molecule has 5 nitrogen and oxygen atoms in total. The molecule has 1 saturated heterocycles. The Balaban J connectivity index is 1.59. The molecule has 0 aromatic heterocycles. The maximum atomic E-state index is 13.2. The largest absolute Gasteiger partial charge is 0.340 e. The van der Waals surface area contributed by atoms with Crippen molar-refractivity contribution in [2.45, 2.75) is 40.3 Å². The second-order valence-electron chi connectivity index (χ2n) is 8.69. The first-order valence-electron chi connectivity index (χ1n) is 10.9. The van der Waals surface area contributed by atoms with E-state index in [1.807, 2.05) is 43.9 Å². The van der Waals surface area contributed by atoms with E-state index in [1.165, 1.54) is 16.0 Å². The van der Waals surface area contributed by atoms with Crippen molar-refractivity contribution in [3.63, 3.8) is 0 Å². The summed E-state index contributed by atoms with van der Waals surface area (Å²) in [6.45, 7) is 12.3. The third kappa shape index (κ3) is 5.28. The molecular weight excluding hydrogens is 374 g/mol. The lowest BCUT2D eigenvalue weighted by Gasteiger charge is -2.35. The average molecular weight is 409 g/mol. The van der Waals surface area contributed by atoms with Crippen molar-refractivity contribution < 1.29 is 14.5 Å². The summed E-state index contributed by atoms with van der Waals surface area (Å²) in [6.07, 6.45) is 0. The molecule has 160 valence electrons. The highest BCUT2D eigenvalue weighted by atomic mass is 16.2. The molecule has 0 aliphatic carbocycles. The van der Waals surface area contributed by atoms with Crippen LogP contribution in [0.2, 0.25) is 0 Å². The summed E-state index contributed by atoms with van der Waals surface area (Å²) in [5.74, 6) is -0.117. The van der Waals surface area contributed by atoms with Crippen LogP contribution in [0, 0.1) is 19.8 Å². The predicted molar refractivity (Wildman–Crippen MR) is 119 cm³/mol. The van der Waals surface area contributed by atoms with Crippen LogP contribution in [0.3, 0.4) is 0 Å². The first kappa shape index (κ1) is 22.0. The average Bonchev–Trinajstić information content (AvgIpc) is 2.73. The van der Waals surface area contributed by atoms with Gasteiger partial charge in [-0.1, -0.05) is 56.3 Å². The zero-order valence-electron chi connectivity index (χ0n) is 18.6. The maximum absolute atomic E-state index is 13.2. The van der Waals surface area contributed by atoms with E-state index in [4.69, 9.17) is 0 Å². The Hall–Kier alpha value is -2.66. The SMILES string of the molecule is Cc1ccccc1C[NH+]1CCN(C(=O)[C@@H](NC(=O)c2ccccc2C)C(C)C)CC1. The molecule has 1 aliphatic rings. The van der Waals surface area contributed by atoms with Gasteiger partial charge in [0.1, 0.15) is 12.6 Å². The number of piperazine rings is 1. The van der Waals surface area contributed by atoms with Crippen molar-refractivity contribution in [3.8, 4) is 0 Å². The van der Waals surface area contributed by atoms with Gasteiger partial charge >= 0.3 is 0 Å². The quantitative estimate of drug-likeness (QED) is 0.768. The molecule has 0 bridgehead atoms. The number of hydrogen-bond acceptors (Lipinski definition) is 2. The van der Waals surface area contributed by atoms with Crippen LogP contribution >= 0.6 is 0 Å². The number of carbonyl (C=O) groups excluding carboxylic acids is 2. The summed E-state index contributed by atoms with van der Waals surface area (Å²) in [4.78, 5) is 29.4. The molecular formula is C25H34N3O2+. The summed E-state index contributed by atoms with van der Waals surface area (Å²) >= 11 is 0. The fourth-order valence-corrected chi connectivity index (χ4v) is 4.05. The van der Waals surface area contributed by atoms with E-state index in [1.54, 1.807) is 6.07 Å². The monoisotopic (exact) mass is 408 g/mol. The van der Waals surface area contributed by atoms with Crippen molar-refractivity contribution in [2.24, 2.45) is 5.92 Å². The van der Waals surface area contributed by atoms with Gasteiger partial charge in [-0.25, -0.2) is 0 Å². The molecule has 2 aromatic carbocycles. The van der Waals surface area contributed by atoms with Crippen molar-refractivity contribution in [1.82, 2.24) is 10.2 Å². The third-order valence-corrected chi connectivity index (χ3v) is 6.09. The van der Waals surface area contributed by atoms with Crippen LogP contribution < -0.4 is 10.2 Å². The van der Waals surface area contributed by atoms with Crippen LogP contribution in [-0.2, 0) is 11.3 Å². The van der Waals surface area contributed by atoms with Gasteiger partial charge in [0.2, 0.25) is 5.91 Å². The predicted octanol–water partition coefficient (Wildman–Crippen LogP) is 1.99. The zero-order chi connectivity index (χ0) is 21.7. The van der Waals surface area contributed by atoms with Gasteiger partial charge in [0, 0.05) is 11.1 Å². The lowest BCUT2D eigenvalue weighted by molar-refractivity contribution is -0.917. The summed E-state index contributed by atoms with van der Waals surface area (Å²) in [7, 11) is 0. The Labute approximate surface area is 180 Å². The highest BCUT2D eigenvalue weighted by Crippen LogP contribution is 2.12. The minimum absolute atomic E-state index is 0.0295. The number of benzene rings is 2. The molecule has 1 heterocycles. The number of rotatable bonds is 6. The van der Waals surface area contributed by atoms with Gasteiger partial charge in [0.15, 0.2) is 0 Å². The summed E-state index contributed by atoms with van der Waals surface area (Å²) < 4.78 is 0. The number of amides is 2. The smallest absolute Gasteiger partial charge is 0.252 e. The van der Waals surface area contributed by atoms with Crippen LogP contribution in [-0.4, -0.2) is 48.9 Å². The van der Waals surface area contributed by atoms with E-state index < -0.39 is 6.04 Å². The summed E-state index contributed by atoms with van der Waals surface area (Å²) in [6, 6.07) is 15.5. The van der Waals surface area contributed by atoms with E-state index in [-0.39, 0.29) is 17.7 Å². The van der Waals surface area contributed by atoms with Gasteiger partial charge in [-0.2, -0.15) is 0 Å². The minimum atomic E-state index is -0.505. The molecule has 2 amide bonds. The van der Waals surface area contributed by atoms with Crippen LogP contribution in [0.1, 0.15) is 40.9 Å². The van der Waals surface area contributed by atoms with Gasteiger partial charge in [-0.3, -0.25) is 9.59 Å². The third-order valence-electron chi connectivity index (χ3n) is 6.09. The molecule has 0 saturated carbocycles. The summed E-state index contributed by atoms with van der Waals surface area (Å²) in [5, 5.41) is 2.99. The first-order chi connectivity index (χ1) is 14.4. The minimum Gasteiger partial charge on any atom is -0.340 e. The normalized spacial score (nSPS) is 15.8. The molecule has 3 rings (SSSR count). The van der Waals surface area contributed by atoms with Crippen molar-refractivity contribution in [2.75, 3.05) is 26.2 Å². The molecule has 0 unspecified atom stereocenters. The number of carbonyl (C=O) groups is 2. The molecule has 1 fully saturated rings. The molecule has 0 radical (unpaired) electrons. The van der Waals surface area contributed by atoms with Crippen molar-refractivity contribution in [3.05, 3.63) is 70.8 Å². The highest BCUT2D eigenvalue weighted by molar-refractivity contribution is 5.98. The maximum Gasteiger partial charge on any atom is 0.252 e. The van der Waals surface area contributed by atoms with Gasteiger partial charge in [-0.05, 0) is 37.0 Å². The van der Waals surface area contributed by atoms with Crippen LogP contribution in [0.25, 0.3) is 0 Å². The Morgan fingerprint density at radius 3 is 2.17 bits per heavy atom. The summed E-state index contributed by atoms with van der Waals surface area (Å²) in [5.41, 5.74) is 4.24. The topological polar surface area (TPSA) is 53.9 Å².